The van der Waals surface area contributed by atoms with E-state index in [1.165, 1.54) is 12.0 Å². The molecular formula is C15H14F3N5O3. The van der Waals surface area contributed by atoms with Crippen LogP contribution in [0.1, 0.15) is 12.2 Å². The Labute approximate surface area is 145 Å². The second-order valence-corrected chi connectivity index (χ2v) is 5.60. The van der Waals surface area contributed by atoms with E-state index in [9.17, 15) is 22.8 Å². The fraction of sp³-hybridized carbons (Fsp3) is 0.333. The number of carbonyl (C=O) groups excluding carboxylic acids is 2. The highest BCUT2D eigenvalue weighted by Crippen LogP contribution is 2.28. The maximum absolute atomic E-state index is 12.5. The smallest absolute Gasteiger partial charge is 0.451 e. The van der Waals surface area contributed by atoms with Crippen LogP contribution >= 0.6 is 0 Å². The predicted molar refractivity (Wildman–Crippen MR) is 83.5 cm³/mol. The standard InChI is InChI=1S/C15H14F3N5O3/c1-26-10-4-2-9(3-5-10)23-7-8(6-11(23)24)12(25)19-14-20-13(21-22-14)15(16,17)18/h2-5,8H,6-7H2,1H3,(H2,19,20,21,22,25)/t8-/m1/s1. The minimum Gasteiger partial charge on any atom is -0.497 e. The van der Waals surface area contributed by atoms with Gasteiger partial charge in [0.1, 0.15) is 5.75 Å². The Kier molecular flexibility index (Phi) is 4.53. The van der Waals surface area contributed by atoms with Gasteiger partial charge in [0.2, 0.25) is 23.6 Å². The maximum atomic E-state index is 12.5. The van der Waals surface area contributed by atoms with E-state index in [0.29, 0.717) is 11.4 Å². The molecule has 0 radical (unpaired) electrons. The molecule has 11 heteroatoms. The number of anilines is 2. The third-order valence-electron chi connectivity index (χ3n) is 3.87. The molecule has 1 atom stereocenters. The van der Waals surface area contributed by atoms with Crippen LogP contribution in [-0.2, 0) is 15.8 Å². The van der Waals surface area contributed by atoms with Crippen LogP contribution in [0, 0.1) is 5.92 Å². The quantitative estimate of drug-likeness (QED) is 0.856. The Morgan fingerprint density at radius 3 is 2.62 bits per heavy atom. The van der Waals surface area contributed by atoms with Gasteiger partial charge in [0.25, 0.3) is 0 Å². The lowest BCUT2D eigenvalue weighted by Gasteiger charge is -2.16. The minimum absolute atomic E-state index is 0.0611. The zero-order chi connectivity index (χ0) is 18.9. The van der Waals surface area contributed by atoms with Gasteiger partial charge in [-0.1, -0.05) is 0 Å². The van der Waals surface area contributed by atoms with Gasteiger partial charge in [-0.05, 0) is 24.3 Å². The number of hydrogen-bond donors (Lipinski definition) is 2. The molecule has 3 rings (SSSR count). The molecule has 0 bridgehead atoms. The van der Waals surface area contributed by atoms with Crippen LogP contribution in [0.15, 0.2) is 24.3 Å². The highest BCUT2D eigenvalue weighted by atomic mass is 19.4. The van der Waals surface area contributed by atoms with Gasteiger partial charge >= 0.3 is 6.18 Å². The van der Waals surface area contributed by atoms with E-state index < -0.39 is 29.8 Å². The Morgan fingerprint density at radius 1 is 1.35 bits per heavy atom. The first kappa shape index (κ1) is 17.7. The summed E-state index contributed by atoms with van der Waals surface area (Å²) in [5.74, 6) is -2.78. The number of amides is 2. The van der Waals surface area contributed by atoms with Crippen molar-refractivity contribution in [1.82, 2.24) is 15.2 Å². The van der Waals surface area contributed by atoms with Crippen molar-refractivity contribution in [3.05, 3.63) is 30.1 Å². The van der Waals surface area contributed by atoms with Crippen LogP contribution in [0.3, 0.4) is 0 Å². The van der Waals surface area contributed by atoms with Crippen LogP contribution in [0.5, 0.6) is 5.75 Å². The molecule has 2 heterocycles. The Balaban J connectivity index is 1.65. The number of nitrogens with zero attached hydrogens (tertiary/aromatic N) is 3. The first-order valence-electron chi connectivity index (χ1n) is 7.53. The summed E-state index contributed by atoms with van der Waals surface area (Å²) in [7, 11) is 1.52. The molecule has 1 aromatic carbocycles. The van der Waals surface area contributed by atoms with E-state index >= 15 is 0 Å². The molecule has 1 aromatic heterocycles. The van der Waals surface area contributed by atoms with Crippen molar-refractivity contribution in [2.24, 2.45) is 5.92 Å². The summed E-state index contributed by atoms with van der Waals surface area (Å²) in [4.78, 5) is 29.0. The second-order valence-electron chi connectivity index (χ2n) is 5.60. The summed E-state index contributed by atoms with van der Waals surface area (Å²) in [6, 6.07) is 6.73. The second kappa shape index (κ2) is 6.65. The lowest BCUT2D eigenvalue weighted by molar-refractivity contribution is -0.144. The Bertz CT molecular complexity index is 819. The number of carbonyl (C=O) groups is 2. The molecule has 2 amide bonds. The monoisotopic (exact) mass is 369 g/mol. The van der Waals surface area contributed by atoms with Crippen molar-refractivity contribution in [3.8, 4) is 5.75 Å². The van der Waals surface area contributed by atoms with E-state index in [4.69, 9.17) is 4.74 Å². The van der Waals surface area contributed by atoms with Crippen LogP contribution in [0.4, 0.5) is 24.8 Å². The molecule has 0 spiro atoms. The van der Waals surface area contributed by atoms with Gasteiger partial charge in [-0.15, -0.1) is 5.10 Å². The molecule has 0 saturated carbocycles. The van der Waals surface area contributed by atoms with E-state index in [2.05, 4.69) is 15.4 Å². The molecule has 1 saturated heterocycles. The van der Waals surface area contributed by atoms with Crippen LogP contribution in [-0.4, -0.2) is 40.7 Å². The lowest BCUT2D eigenvalue weighted by atomic mass is 10.1. The third kappa shape index (κ3) is 3.60. The van der Waals surface area contributed by atoms with E-state index in [-0.39, 0.29) is 18.9 Å². The van der Waals surface area contributed by atoms with Crippen LogP contribution in [0.25, 0.3) is 0 Å². The van der Waals surface area contributed by atoms with Crippen LogP contribution < -0.4 is 15.0 Å². The van der Waals surface area contributed by atoms with E-state index in [0.717, 1.165) is 0 Å². The maximum Gasteiger partial charge on any atom is 0.451 e. The fourth-order valence-electron chi connectivity index (χ4n) is 2.55. The normalized spacial score (nSPS) is 17.5. The topological polar surface area (TPSA) is 100 Å². The van der Waals surface area contributed by atoms with Crippen molar-refractivity contribution >= 4 is 23.5 Å². The average molecular weight is 369 g/mol. The molecule has 26 heavy (non-hydrogen) atoms. The summed E-state index contributed by atoms with van der Waals surface area (Å²) in [5, 5.41) is 7.21. The number of nitrogens with one attached hydrogen (secondary N) is 2. The van der Waals surface area contributed by atoms with Gasteiger partial charge in [-0.25, -0.2) is 0 Å². The highest BCUT2D eigenvalue weighted by Gasteiger charge is 2.37. The number of methoxy groups -OCH3 is 1. The van der Waals surface area contributed by atoms with Gasteiger partial charge in [-0.2, -0.15) is 18.2 Å². The van der Waals surface area contributed by atoms with E-state index in [1.807, 2.05) is 0 Å². The fourth-order valence-corrected chi connectivity index (χ4v) is 2.55. The molecule has 8 nitrogen and oxygen atoms in total. The molecule has 2 aromatic rings. The number of alkyl halides is 3. The number of benzene rings is 1. The zero-order valence-corrected chi connectivity index (χ0v) is 13.5. The molecule has 0 aliphatic carbocycles. The molecule has 0 unspecified atom stereocenters. The molecule has 1 aliphatic heterocycles. The largest absolute Gasteiger partial charge is 0.497 e. The molecule has 1 aliphatic rings. The molecular weight excluding hydrogens is 355 g/mol. The van der Waals surface area contributed by atoms with Crippen LogP contribution in [0.2, 0.25) is 0 Å². The average Bonchev–Trinajstić information content (AvgIpc) is 3.21. The number of hydrogen-bond acceptors (Lipinski definition) is 5. The SMILES string of the molecule is COc1ccc(N2C[C@H](C(=O)Nc3n[nH]c(C(F)(F)F)n3)CC2=O)cc1. The highest BCUT2D eigenvalue weighted by molar-refractivity contribution is 6.03. The summed E-state index contributed by atoms with van der Waals surface area (Å²) in [6.45, 7) is 0.105. The number of halogens is 3. The number of H-pyrrole nitrogens is 1. The van der Waals surface area contributed by atoms with Gasteiger partial charge in [0.05, 0.1) is 13.0 Å². The Morgan fingerprint density at radius 2 is 2.04 bits per heavy atom. The van der Waals surface area contributed by atoms with Crippen molar-refractivity contribution in [3.63, 3.8) is 0 Å². The number of rotatable bonds is 4. The first-order chi connectivity index (χ1) is 12.3. The number of aromatic nitrogens is 3. The number of aromatic amines is 1. The van der Waals surface area contributed by atoms with Gasteiger partial charge in [0.15, 0.2) is 0 Å². The third-order valence-corrected chi connectivity index (χ3v) is 3.87. The zero-order valence-electron chi connectivity index (χ0n) is 13.5. The Hall–Kier alpha value is -3.11. The minimum atomic E-state index is -4.69. The molecule has 138 valence electrons. The summed E-state index contributed by atoms with van der Waals surface area (Å²) < 4.78 is 42.5. The van der Waals surface area contributed by atoms with Gasteiger partial charge < -0.3 is 9.64 Å². The first-order valence-corrected chi connectivity index (χ1v) is 7.53. The lowest BCUT2D eigenvalue weighted by Crippen LogP contribution is -2.28. The van der Waals surface area contributed by atoms with Gasteiger partial charge in [-0.3, -0.25) is 20.0 Å². The van der Waals surface area contributed by atoms with E-state index in [1.54, 1.807) is 29.4 Å². The number of ether oxygens (including phenoxy) is 1. The predicted octanol–water partition coefficient (Wildman–Crippen LogP) is 1.82. The summed E-state index contributed by atoms with van der Waals surface area (Å²) in [5.41, 5.74) is 0.600. The molecule has 2 N–H and O–H groups in total. The van der Waals surface area contributed by atoms with Crippen molar-refractivity contribution in [2.75, 3.05) is 23.9 Å². The van der Waals surface area contributed by atoms with Crippen molar-refractivity contribution in [2.45, 2.75) is 12.6 Å². The summed E-state index contributed by atoms with van der Waals surface area (Å²) >= 11 is 0. The molecule has 1 fully saturated rings. The van der Waals surface area contributed by atoms with Crippen molar-refractivity contribution < 1.29 is 27.5 Å². The van der Waals surface area contributed by atoms with Gasteiger partial charge in [0, 0.05) is 18.7 Å². The summed E-state index contributed by atoms with van der Waals surface area (Å²) in [6.07, 6.45) is -4.75. The van der Waals surface area contributed by atoms with Crippen molar-refractivity contribution in [1.29, 1.82) is 0 Å².